The third kappa shape index (κ3) is 4.57. The summed E-state index contributed by atoms with van der Waals surface area (Å²) in [5, 5.41) is 2.10. The number of hydrogen-bond acceptors (Lipinski definition) is 5. The van der Waals surface area contributed by atoms with Gasteiger partial charge >= 0.3 is 6.09 Å². The van der Waals surface area contributed by atoms with Gasteiger partial charge in [0.05, 0.1) is 48.9 Å². The van der Waals surface area contributed by atoms with Crippen molar-refractivity contribution in [2.45, 2.75) is 19.0 Å². The van der Waals surface area contributed by atoms with Gasteiger partial charge in [-0.25, -0.2) is 31.7 Å². The van der Waals surface area contributed by atoms with E-state index in [1.807, 2.05) is 0 Å². The minimum absolute atomic E-state index is 0.0598. The molecule has 0 spiro atoms. The lowest BCUT2D eigenvalue weighted by Gasteiger charge is -2.32. The van der Waals surface area contributed by atoms with Gasteiger partial charge in [0.2, 0.25) is 0 Å². The van der Waals surface area contributed by atoms with E-state index in [2.05, 4.69) is 10.3 Å². The van der Waals surface area contributed by atoms with Crippen molar-refractivity contribution in [3.05, 3.63) is 58.7 Å². The van der Waals surface area contributed by atoms with Gasteiger partial charge in [0, 0.05) is 31.8 Å². The maximum atomic E-state index is 15.1. The molecule has 3 heterocycles. The van der Waals surface area contributed by atoms with Crippen molar-refractivity contribution in [3.63, 3.8) is 0 Å². The zero-order valence-corrected chi connectivity index (χ0v) is 19.2. The second-order valence-corrected chi connectivity index (χ2v) is 8.00. The minimum Gasteiger partial charge on any atom is -0.453 e. The lowest BCUT2D eigenvalue weighted by Crippen LogP contribution is -2.46. The number of aromatic nitrogens is 2. The van der Waals surface area contributed by atoms with Crippen LogP contribution in [0.1, 0.15) is 28.0 Å². The fourth-order valence-electron chi connectivity index (χ4n) is 4.11. The molecular formula is C23H21F5N4O4. The molecule has 1 N–H and O–H groups in total. The molecule has 36 heavy (non-hydrogen) atoms. The SMILES string of the molecule is CNC(=O)c1cc(F)c(-c2nc3cc(C(F)F)ccn3c2C[C@H]2CN(C(=O)OC)CCO2)c(F)c1F. The molecule has 0 radical (unpaired) electrons. The summed E-state index contributed by atoms with van der Waals surface area (Å²) in [6.45, 7) is 0.485. The van der Waals surface area contributed by atoms with E-state index in [0.29, 0.717) is 6.07 Å². The van der Waals surface area contributed by atoms with E-state index >= 15 is 8.78 Å². The maximum Gasteiger partial charge on any atom is 0.409 e. The van der Waals surface area contributed by atoms with Gasteiger partial charge in [0.25, 0.3) is 12.3 Å². The molecule has 0 bridgehead atoms. The molecule has 1 aromatic carbocycles. The van der Waals surface area contributed by atoms with Crippen molar-refractivity contribution < 1.29 is 41.0 Å². The summed E-state index contributed by atoms with van der Waals surface area (Å²) in [7, 11) is 2.40. The Morgan fingerprint density at radius 2 is 2.00 bits per heavy atom. The molecule has 1 atom stereocenters. The topological polar surface area (TPSA) is 85.2 Å². The Balaban J connectivity index is 1.86. The summed E-state index contributed by atoms with van der Waals surface area (Å²) >= 11 is 0. The lowest BCUT2D eigenvalue weighted by molar-refractivity contribution is -0.0241. The maximum absolute atomic E-state index is 15.1. The number of pyridine rings is 1. The first kappa shape index (κ1) is 25.4. The normalized spacial score (nSPS) is 16.0. The third-order valence-electron chi connectivity index (χ3n) is 5.86. The van der Waals surface area contributed by atoms with Crippen LogP contribution in [-0.2, 0) is 15.9 Å². The van der Waals surface area contributed by atoms with Gasteiger partial charge in [-0.2, -0.15) is 0 Å². The summed E-state index contributed by atoms with van der Waals surface area (Å²) < 4.78 is 83.3. The highest BCUT2D eigenvalue weighted by molar-refractivity contribution is 5.95. The predicted molar refractivity (Wildman–Crippen MR) is 116 cm³/mol. The van der Waals surface area contributed by atoms with Crippen molar-refractivity contribution >= 4 is 17.6 Å². The summed E-state index contributed by atoms with van der Waals surface area (Å²) in [5.74, 6) is -5.56. The molecule has 8 nitrogen and oxygen atoms in total. The Hall–Kier alpha value is -3.74. The number of imidazole rings is 1. The van der Waals surface area contributed by atoms with Gasteiger partial charge < -0.3 is 24.1 Å². The Labute approximate surface area is 201 Å². The average Bonchev–Trinajstić information content (AvgIpc) is 3.22. The number of carbonyl (C=O) groups is 2. The molecule has 13 heteroatoms. The Morgan fingerprint density at radius 1 is 1.25 bits per heavy atom. The number of alkyl halides is 2. The predicted octanol–water partition coefficient (Wildman–Crippen LogP) is 3.73. The highest BCUT2D eigenvalue weighted by atomic mass is 19.3. The molecule has 3 aromatic rings. The number of carbonyl (C=O) groups excluding carboxylic acids is 2. The number of benzene rings is 1. The standard InChI is InChI=1S/C23H21F5N4O4/c1-29-22(33)13-9-14(24)17(19(26)18(13)25)20-15(8-12-10-31(5-6-36-12)23(34)35-2)32-4-3-11(21(27)28)7-16(32)30-20/h3-4,7,9,12,21H,5-6,8,10H2,1-2H3,(H,29,33)/t12-/m0/s1. The summed E-state index contributed by atoms with van der Waals surface area (Å²) in [6, 6.07) is 2.71. The second kappa shape index (κ2) is 10.1. The first-order valence-corrected chi connectivity index (χ1v) is 10.8. The first-order valence-electron chi connectivity index (χ1n) is 10.8. The van der Waals surface area contributed by atoms with Crippen LogP contribution in [0.2, 0.25) is 0 Å². The van der Waals surface area contributed by atoms with Crippen molar-refractivity contribution in [1.29, 1.82) is 0 Å². The first-order chi connectivity index (χ1) is 17.2. The lowest BCUT2D eigenvalue weighted by atomic mass is 10.0. The number of morpholine rings is 1. The molecular weight excluding hydrogens is 491 g/mol. The average molecular weight is 512 g/mol. The molecule has 4 rings (SSSR count). The largest absolute Gasteiger partial charge is 0.453 e. The number of amides is 2. The highest BCUT2D eigenvalue weighted by Crippen LogP contribution is 2.34. The van der Waals surface area contributed by atoms with E-state index in [0.717, 1.165) is 12.1 Å². The number of ether oxygens (including phenoxy) is 2. The van der Waals surface area contributed by atoms with Crippen LogP contribution in [0.4, 0.5) is 26.7 Å². The van der Waals surface area contributed by atoms with Crippen LogP contribution in [0, 0.1) is 17.5 Å². The van der Waals surface area contributed by atoms with Crippen LogP contribution >= 0.6 is 0 Å². The van der Waals surface area contributed by atoms with Crippen molar-refractivity contribution in [1.82, 2.24) is 19.6 Å². The molecule has 0 saturated carbocycles. The minimum atomic E-state index is -2.83. The smallest absolute Gasteiger partial charge is 0.409 e. The van der Waals surface area contributed by atoms with Crippen molar-refractivity contribution in [2.24, 2.45) is 0 Å². The zero-order valence-electron chi connectivity index (χ0n) is 19.2. The number of methoxy groups -OCH3 is 1. The summed E-state index contributed by atoms with van der Waals surface area (Å²) in [6.07, 6.45) is -2.89. The Bertz CT molecular complexity index is 1330. The molecule has 0 aliphatic carbocycles. The van der Waals surface area contributed by atoms with Crippen LogP contribution in [0.3, 0.4) is 0 Å². The van der Waals surface area contributed by atoms with Gasteiger partial charge in [-0.15, -0.1) is 0 Å². The van der Waals surface area contributed by atoms with Crippen LogP contribution < -0.4 is 5.32 Å². The number of halogens is 5. The van der Waals surface area contributed by atoms with Crippen molar-refractivity contribution in [2.75, 3.05) is 33.9 Å². The molecule has 0 unspecified atom stereocenters. The summed E-state index contributed by atoms with van der Waals surface area (Å²) in [4.78, 5) is 29.3. The van der Waals surface area contributed by atoms with E-state index < -0.39 is 53.1 Å². The van der Waals surface area contributed by atoms with Crippen LogP contribution in [0.15, 0.2) is 24.4 Å². The highest BCUT2D eigenvalue weighted by Gasteiger charge is 2.31. The van der Waals surface area contributed by atoms with Gasteiger partial charge in [-0.3, -0.25) is 4.79 Å². The molecule has 1 aliphatic heterocycles. The monoisotopic (exact) mass is 512 g/mol. The molecule has 1 aliphatic rings. The van der Waals surface area contributed by atoms with Crippen LogP contribution in [0.5, 0.6) is 0 Å². The molecule has 2 aromatic heterocycles. The fourth-order valence-corrected chi connectivity index (χ4v) is 4.11. The quantitative estimate of drug-likeness (QED) is 0.416. The van der Waals surface area contributed by atoms with E-state index in [-0.39, 0.29) is 48.7 Å². The molecule has 1 saturated heterocycles. The van der Waals surface area contributed by atoms with Crippen LogP contribution in [0.25, 0.3) is 16.9 Å². The molecule has 1 fully saturated rings. The number of nitrogens with zero attached hydrogens (tertiary/aromatic N) is 3. The van der Waals surface area contributed by atoms with Crippen LogP contribution in [-0.4, -0.2) is 66.2 Å². The number of hydrogen-bond donors (Lipinski definition) is 1. The van der Waals surface area contributed by atoms with Gasteiger partial charge in [-0.1, -0.05) is 0 Å². The number of fused-ring (bicyclic) bond motifs is 1. The Kier molecular flexibility index (Phi) is 7.11. The van der Waals surface area contributed by atoms with Gasteiger partial charge in [-0.05, 0) is 18.2 Å². The number of nitrogens with one attached hydrogen (secondary N) is 1. The Morgan fingerprint density at radius 3 is 2.67 bits per heavy atom. The van der Waals surface area contributed by atoms with Crippen molar-refractivity contribution in [3.8, 4) is 11.3 Å². The molecule has 192 valence electrons. The number of rotatable bonds is 5. The van der Waals surface area contributed by atoms with E-state index in [4.69, 9.17) is 9.47 Å². The fraction of sp³-hybridized carbons (Fsp3) is 0.348. The molecule has 2 amide bonds. The van der Waals surface area contributed by atoms with E-state index in [9.17, 15) is 22.8 Å². The third-order valence-corrected chi connectivity index (χ3v) is 5.86. The van der Waals surface area contributed by atoms with E-state index in [1.165, 1.54) is 29.7 Å². The van der Waals surface area contributed by atoms with Gasteiger partial charge in [0.15, 0.2) is 11.6 Å². The second-order valence-electron chi connectivity index (χ2n) is 8.00. The van der Waals surface area contributed by atoms with E-state index in [1.54, 1.807) is 0 Å². The zero-order chi connectivity index (χ0) is 26.1. The van der Waals surface area contributed by atoms with Gasteiger partial charge in [0.1, 0.15) is 11.5 Å². The summed E-state index contributed by atoms with van der Waals surface area (Å²) in [5.41, 5.74) is -2.36.